The van der Waals surface area contributed by atoms with Crippen LogP contribution >= 0.6 is 0 Å². The first-order chi connectivity index (χ1) is 6.36. The highest BCUT2D eigenvalue weighted by molar-refractivity contribution is 4.90. The Labute approximate surface area is 81.0 Å². The van der Waals surface area contributed by atoms with Crippen molar-refractivity contribution >= 4 is 0 Å². The highest BCUT2D eigenvalue weighted by Crippen LogP contribution is 1.95. The van der Waals surface area contributed by atoms with Gasteiger partial charge >= 0.3 is 0 Å². The topological polar surface area (TPSA) is 17.0 Å². The largest absolute Gasteiger partial charge is 0.353 e. The smallest absolute Gasteiger partial charge is 0.0344 e. The second kappa shape index (κ2) is 5.81. The molecule has 74 valence electrons. The molecule has 2 nitrogen and oxygen atoms in total. The monoisotopic (exact) mass is 180 g/mol. The van der Waals surface area contributed by atoms with Crippen LogP contribution in [0.5, 0.6) is 0 Å². The van der Waals surface area contributed by atoms with Gasteiger partial charge in [0, 0.05) is 31.5 Å². The van der Waals surface area contributed by atoms with Crippen LogP contribution in [0.2, 0.25) is 0 Å². The molecule has 1 aromatic rings. The molecule has 1 heterocycles. The van der Waals surface area contributed by atoms with Crippen LogP contribution in [-0.4, -0.2) is 17.2 Å². The Morgan fingerprint density at radius 3 is 2.31 bits per heavy atom. The molecule has 0 radical (unpaired) electrons. The van der Waals surface area contributed by atoms with Crippen LogP contribution in [0, 0.1) is 0 Å². The molecule has 0 aliphatic heterocycles. The predicted molar refractivity (Wildman–Crippen MR) is 56.8 cm³/mol. The van der Waals surface area contributed by atoms with E-state index in [4.69, 9.17) is 0 Å². The first-order valence-corrected chi connectivity index (χ1v) is 5.21. The Hall–Kier alpha value is -0.760. The minimum Gasteiger partial charge on any atom is -0.353 e. The molecule has 0 spiro atoms. The van der Waals surface area contributed by atoms with Gasteiger partial charge in [-0.05, 0) is 25.0 Å². The van der Waals surface area contributed by atoms with Gasteiger partial charge in [-0.15, -0.1) is 0 Å². The quantitative estimate of drug-likeness (QED) is 0.710. The number of hydrogen-bond acceptors (Lipinski definition) is 1. The molecule has 0 unspecified atom stereocenters. The molecule has 0 saturated carbocycles. The SMILES string of the molecule is CCC(CC)NCCn1cccc1. The predicted octanol–water partition coefficient (Wildman–Crippen LogP) is 2.27. The lowest BCUT2D eigenvalue weighted by molar-refractivity contribution is 0.466. The van der Waals surface area contributed by atoms with Crippen molar-refractivity contribution in [3.8, 4) is 0 Å². The average molecular weight is 180 g/mol. The van der Waals surface area contributed by atoms with Crippen molar-refractivity contribution in [2.75, 3.05) is 6.54 Å². The van der Waals surface area contributed by atoms with E-state index < -0.39 is 0 Å². The third-order valence-electron chi connectivity index (χ3n) is 2.45. The van der Waals surface area contributed by atoms with E-state index in [2.05, 4.69) is 48.3 Å². The van der Waals surface area contributed by atoms with Gasteiger partial charge in [0.1, 0.15) is 0 Å². The summed E-state index contributed by atoms with van der Waals surface area (Å²) in [6.07, 6.45) is 6.66. The third kappa shape index (κ3) is 3.64. The Balaban J connectivity index is 2.13. The molecule has 0 atom stereocenters. The maximum atomic E-state index is 3.54. The number of nitrogens with one attached hydrogen (secondary N) is 1. The van der Waals surface area contributed by atoms with Crippen molar-refractivity contribution < 1.29 is 0 Å². The van der Waals surface area contributed by atoms with Gasteiger partial charge in [-0.3, -0.25) is 0 Å². The second-order valence-electron chi connectivity index (χ2n) is 3.39. The molecule has 1 rings (SSSR count). The lowest BCUT2D eigenvalue weighted by atomic mass is 10.2. The first kappa shape index (κ1) is 10.3. The molecule has 2 heteroatoms. The molecule has 1 aromatic heterocycles. The maximum absolute atomic E-state index is 3.54. The fraction of sp³-hybridized carbons (Fsp3) is 0.636. The number of hydrogen-bond donors (Lipinski definition) is 1. The van der Waals surface area contributed by atoms with Crippen LogP contribution in [0.25, 0.3) is 0 Å². The van der Waals surface area contributed by atoms with Gasteiger partial charge in [0.25, 0.3) is 0 Å². The third-order valence-corrected chi connectivity index (χ3v) is 2.45. The van der Waals surface area contributed by atoms with Crippen molar-refractivity contribution in [2.24, 2.45) is 0 Å². The average Bonchev–Trinajstić information content (AvgIpc) is 2.65. The molecular formula is C11H20N2. The van der Waals surface area contributed by atoms with E-state index in [1.54, 1.807) is 0 Å². The summed E-state index contributed by atoms with van der Waals surface area (Å²) in [5.74, 6) is 0. The van der Waals surface area contributed by atoms with Crippen molar-refractivity contribution in [3.63, 3.8) is 0 Å². The fourth-order valence-corrected chi connectivity index (χ4v) is 1.49. The van der Waals surface area contributed by atoms with Gasteiger partial charge in [-0.2, -0.15) is 0 Å². The zero-order valence-electron chi connectivity index (χ0n) is 8.66. The summed E-state index contributed by atoms with van der Waals surface area (Å²) in [7, 11) is 0. The highest BCUT2D eigenvalue weighted by Gasteiger charge is 2.00. The molecule has 13 heavy (non-hydrogen) atoms. The summed E-state index contributed by atoms with van der Waals surface area (Å²) in [6.45, 7) is 6.61. The standard InChI is InChI=1S/C11H20N2/c1-3-11(4-2)12-7-10-13-8-5-6-9-13/h5-6,8-9,11-12H,3-4,7,10H2,1-2H3. The molecular weight excluding hydrogens is 160 g/mol. The van der Waals surface area contributed by atoms with Crippen LogP contribution in [0.1, 0.15) is 26.7 Å². The molecule has 0 aliphatic carbocycles. The van der Waals surface area contributed by atoms with E-state index >= 15 is 0 Å². The highest BCUT2D eigenvalue weighted by atomic mass is 15.0. The normalized spacial score (nSPS) is 11.0. The molecule has 0 amide bonds. The van der Waals surface area contributed by atoms with Crippen molar-refractivity contribution in [1.82, 2.24) is 9.88 Å². The summed E-state index contributed by atoms with van der Waals surface area (Å²) in [5, 5.41) is 3.54. The van der Waals surface area contributed by atoms with E-state index in [9.17, 15) is 0 Å². The summed E-state index contributed by atoms with van der Waals surface area (Å²) < 4.78 is 2.20. The zero-order chi connectivity index (χ0) is 9.52. The first-order valence-electron chi connectivity index (χ1n) is 5.21. The van der Waals surface area contributed by atoms with Gasteiger partial charge in [-0.1, -0.05) is 13.8 Å². The Morgan fingerprint density at radius 1 is 1.15 bits per heavy atom. The van der Waals surface area contributed by atoms with E-state index in [-0.39, 0.29) is 0 Å². The number of aromatic nitrogens is 1. The Kier molecular flexibility index (Phi) is 4.61. The van der Waals surface area contributed by atoms with Gasteiger partial charge < -0.3 is 9.88 Å². The van der Waals surface area contributed by atoms with Crippen LogP contribution in [0.4, 0.5) is 0 Å². The molecule has 0 saturated heterocycles. The lowest BCUT2D eigenvalue weighted by Gasteiger charge is -2.14. The second-order valence-corrected chi connectivity index (χ2v) is 3.39. The van der Waals surface area contributed by atoms with Gasteiger partial charge in [0.2, 0.25) is 0 Å². The van der Waals surface area contributed by atoms with E-state index in [0.29, 0.717) is 6.04 Å². The van der Waals surface area contributed by atoms with Gasteiger partial charge in [0.15, 0.2) is 0 Å². The molecule has 0 bridgehead atoms. The van der Waals surface area contributed by atoms with Gasteiger partial charge in [0.05, 0.1) is 0 Å². The molecule has 0 fully saturated rings. The maximum Gasteiger partial charge on any atom is 0.0344 e. The van der Waals surface area contributed by atoms with Crippen molar-refractivity contribution in [3.05, 3.63) is 24.5 Å². The summed E-state index contributed by atoms with van der Waals surface area (Å²) in [4.78, 5) is 0. The van der Waals surface area contributed by atoms with E-state index in [0.717, 1.165) is 13.1 Å². The van der Waals surface area contributed by atoms with Crippen LogP contribution in [-0.2, 0) is 6.54 Å². The van der Waals surface area contributed by atoms with Crippen LogP contribution in [0.3, 0.4) is 0 Å². The summed E-state index contributed by atoms with van der Waals surface area (Å²) >= 11 is 0. The molecule has 0 aromatic carbocycles. The van der Waals surface area contributed by atoms with Crippen LogP contribution < -0.4 is 5.32 Å². The molecule has 1 N–H and O–H groups in total. The number of rotatable bonds is 6. The minimum atomic E-state index is 0.690. The van der Waals surface area contributed by atoms with Crippen molar-refractivity contribution in [1.29, 1.82) is 0 Å². The van der Waals surface area contributed by atoms with E-state index in [1.165, 1.54) is 12.8 Å². The van der Waals surface area contributed by atoms with Gasteiger partial charge in [-0.25, -0.2) is 0 Å². The van der Waals surface area contributed by atoms with Crippen molar-refractivity contribution in [2.45, 2.75) is 39.3 Å². The Morgan fingerprint density at radius 2 is 1.77 bits per heavy atom. The zero-order valence-corrected chi connectivity index (χ0v) is 8.66. The fourth-order valence-electron chi connectivity index (χ4n) is 1.49. The summed E-state index contributed by atoms with van der Waals surface area (Å²) in [6, 6.07) is 4.82. The Bertz CT molecular complexity index is 200. The van der Waals surface area contributed by atoms with Crippen LogP contribution in [0.15, 0.2) is 24.5 Å². The lowest BCUT2D eigenvalue weighted by Crippen LogP contribution is -2.30. The molecule has 0 aliphatic rings. The summed E-state index contributed by atoms with van der Waals surface area (Å²) in [5.41, 5.74) is 0. The minimum absolute atomic E-state index is 0.690. The van der Waals surface area contributed by atoms with E-state index in [1.807, 2.05) is 0 Å². The number of nitrogens with zero attached hydrogens (tertiary/aromatic N) is 1.